The van der Waals surface area contributed by atoms with Gasteiger partial charge >= 0.3 is 6.09 Å². The Morgan fingerprint density at radius 1 is 1.22 bits per heavy atom. The number of nitrogens with zero attached hydrogens (tertiary/aromatic N) is 3. The van der Waals surface area contributed by atoms with Crippen molar-refractivity contribution in [1.29, 1.82) is 0 Å². The first-order chi connectivity index (χ1) is 13.1. The third-order valence-electron chi connectivity index (χ3n) is 5.49. The largest absolute Gasteiger partial charge is 0.497 e. The van der Waals surface area contributed by atoms with Gasteiger partial charge in [0.25, 0.3) is 0 Å². The van der Waals surface area contributed by atoms with Gasteiger partial charge < -0.3 is 14.4 Å². The number of piperidine rings is 1. The minimum Gasteiger partial charge on any atom is -0.497 e. The first-order valence-electron chi connectivity index (χ1n) is 9.81. The van der Waals surface area contributed by atoms with Gasteiger partial charge in [0.2, 0.25) is 0 Å². The van der Waals surface area contributed by atoms with E-state index in [1.54, 1.807) is 12.0 Å². The summed E-state index contributed by atoms with van der Waals surface area (Å²) in [7, 11) is 1.55. The molecule has 2 saturated heterocycles. The maximum atomic E-state index is 14.3. The van der Waals surface area contributed by atoms with Crippen molar-refractivity contribution < 1.29 is 18.7 Å². The van der Waals surface area contributed by atoms with Crippen molar-refractivity contribution in [1.82, 2.24) is 14.7 Å². The van der Waals surface area contributed by atoms with E-state index in [2.05, 4.69) is 9.80 Å². The Bertz CT molecular complexity index is 635. The maximum absolute atomic E-state index is 14.3. The fraction of sp³-hybridized carbons (Fsp3) is 0.650. The third-order valence-corrected chi connectivity index (χ3v) is 5.49. The monoisotopic (exact) mass is 379 g/mol. The van der Waals surface area contributed by atoms with E-state index in [0.29, 0.717) is 43.6 Å². The quantitative estimate of drug-likeness (QED) is 0.787. The smallest absolute Gasteiger partial charge is 0.409 e. The molecule has 0 bridgehead atoms. The SMILES string of the molecule is CCOC(=O)N1CCN(C2CCCN(Cc3ccc(OC)cc3F)C2)CC1. The van der Waals surface area contributed by atoms with Crippen LogP contribution in [0.15, 0.2) is 18.2 Å². The molecule has 1 amide bonds. The number of halogens is 1. The standard InChI is InChI=1S/C20H30FN3O3/c1-3-27-20(25)24-11-9-23(10-12-24)17-5-4-8-22(15-17)14-16-6-7-18(26-2)13-19(16)21/h6-7,13,17H,3-5,8-12,14-15H2,1-2H3. The number of benzene rings is 1. The lowest BCUT2D eigenvalue weighted by atomic mass is 10.0. The van der Waals surface area contributed by atoms with Gasteiger partial charge in [0.05, 0.1) is 13.7 Å². The van der Waals surface area contributed by atoms with Crippen LogP contribution in [0.25, 0.3) is 0 Å². The Hall–Kier alpha value is -1.86. The van der Waals surface area contributed by atoms with Crippen molar-refractivity contribution in [3.8, 4) is 5.75 Å². The molecule has 2 aliphatic rings. The summed E-state index contributed by atoms with van der Waals surface area (Å²) in [6.45, 7) is 7.95. The number of rotatable bonds is 5. The molecule has 0 aliphatic carbocycles. The normalized spacial score (nSPS) is 21.9. The molecule has 0 N–H and O–H groups in total. The van der Waals surface area contributed by atoms with Crippen LogP contribution in [0.3, 0.4) is 0 Å². The zero-order valence-electron chi connectivity index (χ0n) is 16.3. The highest BCUT2D eigenvalue weighted by molar-refractivity contribution is 5.67. The van der Waals surface area contributed by atoms with Gasteiger partial charge in [0.1, 0.15) is 11.6 Å². The number of hydrogen-bond acceptors (Lipinski definition) is 5. The molecule has 0 spiro atoms. The molecule has 0 saturated carbocycles. The second kappa shape index (κ2) is 9.37. The average Bonchev–Trinajstić information content (AvgIpc) is 2.70. The molecule has 0 aromatic heterocycles. The van der Waals surface area contributed by atoms with Crippen LogP contribution < -0.4 is 4.74 Å². The molecule has 1 unspecified atom stereocenters. The number of carbonyl (C=O) groups is 1. The van der Waals surface area contributed by atoms with Gasteiger partial charge in [-0.05, 0) is 32.4 Å². The number of likely N-dealkylation sites (tertiary alicyclic amines) is 1. The molecular weight excluding hydrogens is 349 g/mol. The van der Waals surface area contributed by atoms with Crippen LogP contribution in [0.5, 0.6) is 5.75 Å². The Morgan fingerprint density at radius 3 is 2.67 bits per heavy atom. The maximum Gasteiger partial charge on any atom is 0.409 e. The van der Waals surface area contributed by atoms with Crippen LogP contribution in [0.2, 0.25) is 0 Å². The number of piperazine rings is 1. The van der Waals surface area contributed by atoms with Crippen molar-refractivity contribution in [2.45, 2.75) is 32.4 Å². The lowest BCUT2D eigenvalue weighted by Crippen LogP contribution is -2.55. The average molecular weight is 379 g/mol. The minimum absolute atomic E-state index is 0.209. The van der Waals surface area contributed by atoms with Crippen LogP contribution in [-0.2, 0) is 11.3 Å². The van der Waals surface area contributed by atoms with Gasteiger partial charge in [-0.3, -0.25) is 9.80 Å². The highest BCUT2D eigenvalue weighted by Crippen LogP contribution is 2.22. The molecule has 6 nitrogen and oxygen atoms in total. The second-order valence-electron chi connectivity index (χ2n) is 7.21. The van der Waals surface area contributed by atoms with Gasteiger partial charge in [-0.25, -0.2) is 9.18 Å². The van der Waals surface area contributed by atoms with E-state index in [-0.39, 0.29) is 11.9 Å². The lowest BCUT2D eigenvalue weighted by Gasteiger charge is -2.43. The van der Waals surface area contributed by atoms with Crippen LogP contribution >= 0.6 is 0 Å². The predicted molar refractivity (Wildman–Crippen MR) is 101 cm³/mol. The van der Waals surface area contributed by atoms with Crippen molar-refractivity contribution in [2.24, 2.45) is 0 Å². The summed E-state index contributed by atoms with van der Waals surface area (Å²) in [5.41, 5.74) is 0.712. The van der Waals surface area contributed by atoms with Crippen LogP contribution in [0, 0.1) is 5.82 Å². The van der Waals surface area contributed by atoms with E-state index in [1.165, 1.54) is 6.07 Å². The van der Waals surface area contributed by atoms with Crippen LogP contribution in [0.4, 0.5) is 9.18 Å². The Kier molecular flexibility index (Phi) is 6.90. The van der Waals surface area contributed by atoms with Gasteiger partial charge in [0.15, 0.2) is 0 Å². The number of carbonyl (C=O) groups excluding carboxylic acids is 1. The van der Waals surface area contributed by atoms with Crippen molar-refractivity contribution >= 4 is 6.09 Å². The van der Waals surface area contributed by atoms with E-state index in [0.717, 1.165) is 39.0 Å². The fourth-order valence-electron chi connectivity index (χ4n) is 3.98. The minimum atomic E-state index is -0.211. The van der Waals surface area contributed by atoms with E-state index >= 15 is 0 Å². The summed E-state index contributed by atoms with van der Waals surface area (Å²) in [4.78, 5) is 18.4. The third kappa shape index (κ3) is 5.11. The van der Waals surface area contributed by atoms with E-state index in [9.17, 15) is 9.18 Å². The summed E-state index contributed by atoms with van der Waals surface area (Å²) in [6, 6.07) is 5.54. The Morgan fingerprint density at radius 2 is 2.00 bits per heavy atom. The molecule has 0 radical (unpaired) electrons. The van der Waals surface area contributed by atoms with E-state index in [4.69, 9.17) is 9.47 Å². The van der Waals surface area contributed by atoms with Crippen LogP contribution in [-0.4, -0.2) is 79.8 Å². The van der Waals surface area contributed by atoms with Crippen LogP contribution in [0.1, 0.15) is 25.3 Å². The van der Waals surface area contributed by atoms with Crippen molar-refractivity contribution in [2.75, 3.05) is 53.0 Å². The summed E-state index contributed by atoms with van der Waals surface area (Å²) in [5, 5.41) is 0. The second-order valence-corrected chi connectivity index (χ2v) is 7.21. The lowest BCUT2D eigenvalue weighted by molar-refractivity contribution is 0.0410. The molecule has 2 heterocycles. The zero-order chi connectivity index (χ0) is 19.2. The topological polar surface area (TPSA) is 45.2 Å². The number of ether oxygens (including phenoxy) is 2. The Labute approximate surface area is 160 Å². The fourth-order valence-corrected chi connectivity index (χ4v) is 3.98. The Balaban J connectivity index is 1.52. The molecule has 27 heavy (non-hydrogen) atoms. The molecule has 3 rings (SSSR count). The molecule has 2 aliphatic heterocycles. The highest BCUT2D eigenvalue weighted by atomic mass is 19.1. The van der Waals surface area contributed by atoms with Crippen molar-refractivity contribution in [3.05, 3.63) is 29.6 Å². The molecule has 2 fully saturated rings. The molecule has 7 heteroatoms. The summed E-state index contributed by atoms with van der Waals surface area (Å²) in [5.74, 6) is 0.340. The predicted octanol–water partition coefficient (Wildman–Crippen LogP) is 2.57. The summed E-state index contributed by atoms with van der Waals surface area (Å²) >= 11 is 0. The molecule has 1 aromatic rings. The first-order valence-corrected chi connectivity index (χ1v) is 9.81. The van der Waals surface area contributed by atoms with Gasteiger partial charge in [-0.15, -0.1) is 0 Å². The molecule has 1 aromatic carbocycles. The van der Waals surface area contributed by atoms with Gasteiger partial charge in [-0.2, -0.15) is 0 Å². The van der Waals surface area contributed by atoms with E-state index in [1.807, 2.05) is 19.1 Å². The van der Waals surface area contributed by atoms with E-state index < -0.39 is 0 Å². The summed E-state index contributed by atoms with van der Waals surface area (Å²) < 4.78 is 24.4. The number of methoxy groups -OCH3 is 1. The van der Waals surface area contributed by atoms with Gasteiger partial charge in [0, 0.05) is 56.9 Å². The number of amides is 1. The zero-order valence-corrected chi connectivity index (χ0v) is 16.3. The molecular formula is C20H30FN3O3. The van der Waals surface area contributed by atoms with Gasteiger partial charge in [-0.1, -0.05) is 6.07 Å². The number of hydrogen-bond donors (Lipinski definition) is 0. The highest BCUT2D eigenvalue weighted by Gasteiger charge is 2.30. The molecule has 1 atom stereocenters. The van der Waals surface area contributed by atoms with Crippen molar-refractivity contribution in [3.63, 3.8) is 0 Å². The molecule has 150 valence electrons. The first kappa shape index (κ1) is 19.9. The summed E-state index contributed by atoms with van der Waals surface area (Å²) in [6.07, 6.45) is 2.05.